The summed E-state index contributed by atoms with van der Waals surface area (Å²) in [6.45, 7) is 5.44. The van der Waals surface area contributed by atoms with Gasteiger partial charge in [0.05, 0.1) is 0 Å². The predicted molar refractivity (Wildman–Crippen MR) is 121 cm³/mol. The van der Waals surface area contributed by atoms with Crippen LogP contribution in [0, 0.1) is 0 Å². The molecule has 1 fully saturated rings. The van der Waals surface area contributed by atoms with E-state index in [1.807, 2.05) is 47.4 Å². The van der Waals surface area contributed by atoms with Gasteiger partial charge < -0.3 is 10.6 Å². The van der Waals surface area contributed by atoms with Crippen molar-refractivity contribution >= 4 is 42.3 Å². The minimum Gasteiger partial charge on any atom is -0.340 e. The smallest absolute Gasteiger partial charge is 0.224 e. The summed E-state index contributed by atoms with van der Waals surface area (Å²) in [6.07, 6.45) is 0.358. The van der Waals surface area contributed by atoms with Crippen LogP contribution in [0.4, 0.5) is 0 Å². The van der Waals surface area contributed by atoms with Gasteiger partial charge in [-0.1, -0.05) is 54.1 Å². The van der Waals surface area contributed by atoms with Crippen LogP contribution in [-0.2, 0) is 4.79 Å². The second-order valence-electron chi connectivity index (χ2n) is 6.87. The minimum absolute atomic E-state index is 0. The molecule has 1 aliphatic rings. The number of amides is 1. The second-order valence-corrected chi connectivity index (χ2v) is 7.30. The van der Waals surface area contributed by atoms with Gasteiger partial charge in [-0.25, -0.2) is 0 Å². The van der Waals surface area contributed by atoms with Crippen molar-refractivity contribution in [1.29, 1.82) is 0 Å². The Balaban J connectivity index is 0.00000196. The fraction of sp³-hybridized carbons (Fsp3) is 0.381. The summed E-state index contributed by atoms with van der Waals surface area (Å²) in [7, 11) is 0. The zero-order valence-electron chi connectivity index (χ0n) is 16.0. The predicted octanol–water partition coefficient (Wildman–Crippen LogP) is 4.48. The molecule has 2 unspecified atom stereocenters. The molecule has 0 saturated carbocycles. The molecule has 2 aromatic rings. The molecule has 154 valence electrons. The fourth-order valence-corrected chi connectivity index (χ4v) is 3.57. The molecule has 2 aromatic carbocycles. The third-order valence-corrected chi connectivity index (χ3v) is 5.44. The number of nitrogens with two attached hydrogens (primary N) is 1. The molecule has 2 N–H and O–H groups in total. The van der Waals surface area contributed by atoms with E-state index < -0.39 is 0 Å². The van der Waals surface area contributed by atoms with E-state index in [2.05, 4.69) is 24.0 Å². The number of benzene rings is 2. The van der Waals surface area contributed by atoms with Gasteiger partial charge >= 0.3 is 0 Å². The Morgan fingerprint density at radius 1 is 0.964 bits per heavy atom. The van der Waals surface area contributed by atoms with Crippen LogP contribution in [0.5, 0.6) is 0 Å². The molecule has 0 aromatic heterocycles. The van der Waals surface area contributed by atoms with Crippen molar-refractivity contribution in [3.8, 4) is 0 Å². The highest BCUT2D eigenvalue weighted by atomic mass is 35.5. The molecular weight excluding hydrogens is 417 g/mol. The fourth-order valence-electron chi connectivity index (χ4n) is 3.45. The third kappa shape index (κ3) is 6.36. The lowest BCUT2D eigenvalue weighted by atomic mass is 10.0. The van der Waals surface area contributed by atoms with Crippen molar-refractivity contribution in [2.75, 3.05) is 26.2 Å². The van der Waals surface area contributed by atoms with Crippen molar-refractivity contribution in [2.24, 2.45) is 5.73 Å². The van der Waals surface area contributed by atoms with E-state index in [4.69, 9.17) is 17.3 Å². The molecule has 3 rings (SSSR count). The number of nitrogens with zero attached hydrogens (tertiary/aromatic N) is 2. The van der Waals surface area contributed by atoms with E-state index in [9.17, 15) is 4.79 Å². The normalized spacial score (nSPS) is 16.5. The molecule has 1 aliphatic heterocycles. The zero-order chi connectivity index (χ0) is 18.5. The van der Waals surface area contributed by atoms with Gasteiger partial charge in [0.1, 0.15) is 0 Å². The monoisotopic (exact) mass is 443 g/mol. The molecular formula is C21H28Cl3N3O. The highest BCUT2D eigenvalue weighted by Gasteiger charge is 2.25. The van der Waals surface area contributed by atoms with Crippen LogP contribution in [0.2, 0.25) is 5.02 Å². The molecule has 28 heavy (non-hydrogen) atoms. The molecule has 0 aliphatic carbocycles. The first-order valence-corrected chi connectivity index (χ1v) is 9.50. The largest absolute Gasteiger partial charge is 0.340 e. The number of rotatable bonds is 5. The maximum atomic E-state index is 12.6. The first kappa shape index (κ1) is 24.7. The molecule has 4 nitrogen and oxygen atoms in total. The van der Waals surface area contributed by atoms with E-state index in [1.165, 1.54) is 5.56 Å². The van der Waals surface area contributed by atoms with Crippen LogP contribution < -0.4 is 5.73 Å². The average molecular weight is 445 g/mol. The number of piperazine rings is 1. The Bertz CT molecular complexity index is 719. The van der Waals surface area contributed by atoms with Crippen molar-refractivity contribution in [2.45, 2.75) is 25.4 Å². The number of hydrogen-bond donors (Lipinski definition) is 1. The lowest BCUT2D eigenvalue weighted by Gasteiger charge is -2.38. The standard InChI is InChI=1S/C21H26ClN3O.2ClH/c1-16(17-7-9-19(22)10-8-17)24-11-13-25(14-12-24)21(26)15-20(23)18-5-3-2-4-6-18;;/h2-10,16,20H,11-15,23H2,1H3;2*1H. The van der Waals surface area contributed by atoms with E-state index in [1.54, 1.807) is 0 Å². The summed E-state index contributed by atoms with van der Waals surface area (Å²) in [5.74, 6) is 0.139. The van der Waals surface area contributed by atoms with E-state index in [-0.39, 0.29) is 36.8 Å². The van der Waals surface area contributed by atoms with Crippen LogP contribution in [-0.4, -0.2) is 41.9 Å². The molecule has 0 radical (unpaired) electrons. The van der Waals surface area contributed by atoms with Gasteiger partial charge in [0, 0.05) is 49.7 Å². The Morgan fingerprint density at radius 2 is 1.54 bits per heavy atom. The van der Waals surface area contributed by atoms with Gasteiger partial charge in [0.15, 0.2) is 0 Å². The summed E-state index contributed by atoms with van der Waals surface area (Å²) in [6, 6.07) is 17.9. The molecule has 0 spiro atoms. The number of carbonyl (C=O) groups is 1. The van der Waals surface area contributed by atoms with Crippen LogP contribution >= 0.6 is 36.4 Å². The van der Waals surface area contributed by atoms with Gasteiger partial charge in [0.25, 0.3) is 0 Å². The van der Waals surface area contributed by atoms with Gasteiger partial charge in [0.2, 0.25) is 5.91 Å². The lowest BCUT2D eigenvalue weighted by Crippen LogP contribution is -2.49. The minimum atomic E-state index is -0.241. The second kappa shape index (κ2) is 11.6. The van der Waals surface area contributed by atoms with Gasteiger partial charge in [-0.05, 0) is 30.2 Å². The molecule has 1 heterocycles. The number of halogens is 3. The number of carbonyl (C=O) groups excluding carboxylic acids is 1. The zero-order valence-corrected chi connectivity index (χ0v) is 18.3. The Morgan fingerprint density at radius 3 is 2.11 bits per heavy atom. The van der Waals surface area contributed by atoms with Crippen LogP contribution in [0.25, 0.3) is 0 Å². The molecule has 7 heteroatoms. The maximum absolute atomic E-state index is 12.6. The Kier molecular flexibility index (Phi) is 10.3. The summed E-state index contributed by atoms with van der Waals surface area (Å²) in [4.78, 5) is 16.9. The molecule has 0 bridgehead atoms. The van der Waals surface area contributed by atoms with Crippen molar-refractivity contribution in [1.82, 2.24) is 9.80 Å². The topological polar surface area (TPSA) is 49.6 Å². The highest BCUT2D eigenvalue weighted by molar-refractivity contribution is 6.30. The first-order chi connectivity index (χ1) is 12.5. The van der Waals surface area contributed by atoms with Crippen molar-refractivity contribution in [3.63, 3.8) is 0 Å². The van der Waals surface area contributed by atoms with Gasteiger partial charge in [-0.3, -0.25) is 9.69 Å². The van der Waals surface area contributed by atoms with E-state index >= 15 is 0 Å². The average Bonchev–Trinajstić information content (AvgIpc) is 2.69. The van der Waals surface area contributed by atoms with Gasteiger partial charge in [-0.2, -0.15) is 0 Å². The molecule has 1 saturated heterocycles. The lowest BCUT2D eigenvalue weighted by molar-refractivity contribution is -0.133. The van der Waals surface area contributed by atoms with Crippen LogP contribution in [0.3, 0.4) is 0 Å². The third-order valence-electron chi connectivity index (χ3n) is 5.19. The number of hydrogen-bond acceptors (Lipinski definition) is 3. The van der Waals surface area contributed by atoms with Crippen LogP contribution in [0.1, 0.15) is 36.6 Å². The van der Waals surface area contributed by atoms with E-state index in [0.29, 0.717) is 12.5 Å². The van der Waals surface area contributed by atoms with Crippen molar-refractivity contribution < 1.29 is 4.79 Å². The maximum Gasteiger partial charge on any atom is 0.224 e. The summed E-state index contributed by atoms with van der Waals surface area (Å²) < 4.78 is 0. The Hall–Kier alpha value is -1.30. The Labute approximate surface area is 184 Å². The summed E-state index contributed by atoms with van der Waals surface area (Å²) in [5.41, 5.74) is 8.46. The molecule has 1 amide bonds. The summed E-state index contributed by atoms with van der Waals surface area (Å²) in [5, 5.41) is 0.756. The molecule has 2 atom stereocenters. The van der Waals surface area contributed by atoms with Gasteiger partial charge in [-0.15, -0.1) is 24.8 Å². The van der Waals surface area contributed by atoms with Crippen molar-refractivity contribution in [3.05, 3.63) is 70.7 Å². The SMILES string of the molecule is CC(c1ccc(Cl)cc1)N1CCN(C(=O)CC(N)c2ccccc2)CC1.Cl.Cl. The highest BCUT2D eigenvalue weighted by Crippen LogP contribution is 2.24. The van der Waals surface area contributed by atoms with Crippen LogP contribution in [0.15, 0.2) is 54.6 Å². The first-order valence-electron chi connectivity index (χ1n) is 9.12. The van der Waals surface area contributed by atoms with E-state index in [0.717, 1.165) is 36.8 Å². The summed E-state index contributed by atoms with van der Waals surface area (Å²) >= 11 is 5.97. The quantitative estimate of drug-likeness (QED) is 0.740.